The average Bonchev–Trinajstić information content (AvgIpc) is 2.39. The molecular weight excluding hydrogens is 312 g/mol. The molecule has 0 atom stereocenters. The highest BCUT2D eigenvalue weighted by Crippen LogP contribution is 2.29. The van der Waals surface area contributed by atoms with E-state index in [9.17, 15) is 0 Å². The summed E-state index contributed by atoms with van der Waals surface area (Å²) in [5.74, 6) is 0.580. The van der Waals surface area contributed by atoms with Gasteiger partial charge < -0.3 is 9.80 Å². The van der Waals surface area contributed by atoms with Crippen LogP contribution in [0.2, 0.25) is 0 Å². The average molecular weight is 332 g/mol. The van der Waals surface area contributed by atoms with Gasteiger partial charge in [0.2, 0.25) is 0 Å². The van der Waals surface area contributed by atoms with Crippen molar-refractivity contribution in [1.29, 1.82) is 0 Å². The van der Waals surface area contributed by atoms with Gasteiger partial charge in [-0.3, -0.25) is 0 Å². The minimum atomic E-state index is 0.580. The lowest BCUT2D eigenvalue weighted by atomic mass is 10.0. The van der Waals surface area contributed by atoms with Gasteiger partial charge in [-0.1, -0.05) is 22.0 Å². The van der Waals surface area contributed by atoms with E-state index in [0.29, 0.717) is 11.9 Å². The first-order chi connectivity index (χ1) is 8.61. The molecular formula is C14H20BrClN2. The fraction of sp³-hybridized carbons (Fsp3) is 0.571. The second kappa shape index (κ2) is 6.27. The van der Waals surface area contributed by atoms with Crippen LogP contribution in [-0.4, -0.2) is 38.1 Å². The van der Waals surface area contributed by atoms with Crippen molar-refractivity contribution in [2.45, 2.75) is 24.8 Å². The number of nitrogens with zero attached hydrogens (tertiary/aromatic N) is 2. The van der Waals surface area contributed by atoms with E-state index in [1.54, 1.807) is 0 Å². The number of anilines is 1. The van der Waals surface area contributed by atoms with Crippen LogP contribution in [0.1, 0.15) is 18.4 Å². The van der Waals surface area contributed by atoms with Crippen LogP contribution in [0.5, 0.6) is 0 Å². The van der Waals surface area contributed by atoms with Crippen LogP contribution in [0.15, 0.2) is 22.7 Å². The summed E-state index contributed by atoms with van der Waals surface area (Å²) >= 11 is 9.58. The lowest BCUT2D eigenvalue weighted by Gasteiger charge is -2.37. The SMILES string of the molecule is CN(C)C1CCN(c2cc(Br)ccc2CCl)CC1. The van der Waals surface area contributed by atoms with Gasteiger partial charge in [0.15, 0.2) is 0 Å². The molecule has 0 N–H and O–H groups in total. The van der Waals surface area contributed by atoms with E-state index in [1.807, 2.05) is 0 Å². The molecule has 1 fully saturated rings. The molecule has 2 rings (SSSR count). The van der Waals surface area contributed by atoms with E-state index in [-0.39, 0.29) is 0 Å². The van der Waals surface area contributed by atoms with Crippen molar-refractivity contribution < 1.29 is 0 Å². The zero-order valence-electron chi connectivity index (χ0n) is 11.0. The van der Waals surface area contributed by atoms with Gasteiger partial charge in [-0.15, -0.1) is 11.6 Å². The number of piperidine rings is 1. The van der Waals surface area contributed by atoms with E-state index < -0.39 is 0 Å². The third kappa shape index (κ3) is 3.19. The maximum atomic E-state index is 6.03. The van der Waals surface area contributed by atoms with Gasteiger partial charge in [0.25, 0.3) is 0 Å². The number of hydrogen-bond acceptors (Lipinski definition) is 2. The highest BCUT2D eigenvalue weighted by Gasteiger charge is 2.22. The Hall–Kier alpha value is -0.250. The third-order valence-corrected chi connectivity index (χ3v) is 4.51. The van der Waals surface area contributed by atoms with Crippen LogP contribution < -0.4 is 4.90 Å². The van der Waals surface area contributed by atoms with Crippen LogP contribution in [0.3, 0.4) is 0 Å². The number of alkyl halides is 1. The first kappa shape index (κ1) is 14.2. The smallest absolute Gasteiger partial charge is 0.0494 e. The summed E-state index contributed by atoms with van der Waals surface area (Å²) in [6, 6.07) is 7.08. The summed E-state index contributed by atoms with van der Waals surface area (Å²) < 4.78 is 1.13. The number of benzene rings is 1. The molecule has 18 heavy (non-hydrogen) atoms. The predicted molar refractivity (Wildman–Crippen MR) is 82.6 cm³/mol. The molecule has 1 aliphatic heterocycles. The van der Waals surface area contributed by atoms with Gasteiger partial charge in [0.05, 0.1) is 0 Å². The van der Waals surface area contributed by atoms with Gasteiger partial charge in [-0.25, -0.2) is 0 Å². The molecule has 2 nitrogen and oxygen atoms in total. The van der Waals surface area contributed by atoms with Crippen molar-refractivity contribution in [3.05, 3.63) is 28.2 Å². The number of hydrogen-bond donors (Lipinski definition) is 0. The first-order valence-corrected chi connectivity index (χ1v) is 7.70. The molecule has 1 aromatic rings. The molecule has 0 radical (unpaired) electrons. The van der Waals surface area contributed by atoms with Gasteiger partial charge in [-0.2, -0.15) is 0 Å². The molecule has 0 aliphatic carbocycles. The largest absolute Gasteiger partial charge is 0.371 e. The Labute approximate surface area is 123 Å². The summed E-state index contributed by atoms with van der Waals surface area (Å²) in [5, 5.41) is 0. The van der Waals surface area contributed by atoms with Gasteiger partial charge >= 0.3 is 0 Å². The molecule has 0 bridgehead atoms. The lowest BCUT2D eigenvalue weighted by Crippen LogP contribution is -2.42. The first-order valence-electron chi connectivity index (χ1n) is 6.37. The Morgan fingerprint density at radius 2 is 2.00 bits per heavy atom. The zero-order chi connectivity index (χ0) is 13.1. The molecule has 0 unspecified atom stereocenters. The minimum absolute atomic E-state index is 0.580. The van der Waals surface area contributed by atoms with Crippen LogP contribution >= 0.6 is 27.5 Å². The fourth-order valence-electron chi connectivity index (χ4n) is 2.57. The maximum Gasteiger partial charge on any atom is 0.0494 e. The highest BCUT2D eigenvalue weighted by molar-refractivity contribution is 9.10. The van der Waals surface area contributed by atoms with Gasteiger partial charge in [0, 0.05) is 35.2 Å². The Morgan fingerprint density at radius 1 is 1.33 bits per heavy atom. The van der Waals surface area contributed by atoms with E-state index in [1.165, 1.54) is 24.1 Å². The quantitative estimate of drug-likeness (QED) is 0.779. The molecule has 0 amide bonds. The lowest BCUT2D eigenvalue weighted by molar-refractivity contribution is 0.249. The van der Waals surface area contributed by atoms with Crippen molar-refractivity contribution in [2.75, 3.05) is 32.1 Å². The second-order valence-corrected chi connectivity index (χ2v) is 6.27. The summed E-state index contributed by atoms with van der Waals surface area (Å²) in [7, 11) is 4.34. The van der Waals surface area contributed by atoms with Crippen molar-refractivity contribution in [1.82, 2.24) is 4.90 Å². The molecule has 1 aromatic carbocycles. The van der Waals surface area contributed by atoms with Crippen LogP contribution in [-0.2, 0) is 5.88 Å². The van der Waals surface area contributed by atoms with Crippen molar-refractivity contribution >= 4 is 33.2 Å². The van der Waals surface area contributed by atoms with E-state index >= 15 is 0 Å². The Bertz CT molecular complexity index is 401. The molecule has 100 valence electrons. The highest BCUT2D eigenvalue weighted by atomic mass is 79.9. The Balaban J connectivity index is 2.11. The summed E-state index contributed by atoms with van der Waals surface area (Å²) in [6.07, 6.45) is 2.45. The fourth-order valence-corrected chi connectivity index (χ4v) is 3.14. The summed E-state index contributed by atoms with van der Waals surface area (Å²) in [5.41, 5.74) is 2.51. The number of halogens is 2. The van der Waals surface area contributed by atoms with E-state index in [4.69, 9.17) is 11.6 Å². The summed E-state index contributed by atoms with van der Waals surface area (Å²) in [4.78, 5) is 4.79. The van der Waals surface area contributed by atoms with Gasteiger partial charge in [-0.05, 0) is 44.6 Å². The molecule has 0 saturated carbocycles. The van der Waals surface area contributed by atoms with E-state index in [0.717, 1.165) is 17.6 Å². The van der Waals surface area contributed by atoms with Gasteiger partial charge in [0.1, 0.15) is 0 Å². The summed E-state index contributed by atoms with van der Waals surface area (Å²) in [6.45, 7) is 2.23. The van der Waals surface area contributed by atoms with Crippen LogP contribution in [0, 0.1) is 0 Å². The Kier molecular flexibility index (Phi) is 4.93. The molecule has 1 aliphatic rings. The molecule has 0 spiro atoms. The molecule has 0 aromatic heterocycles. The predicted octanol–water partition coefficient (Wildman–Crippen LogP) is 3.72. The maximum absolute atomic E-state index is 6.03. The monoisotopic (exact) mass is 330 g/mol. The van der Waals surface area contributed by atoms with Crippen molar-refractivity contribution in [3.63, 3.8) is 0 Å². The van der Waals surface area contributed by atoms with Crippen molar-refractivity contribution in [3.8, 4) is 0 Å². The molecule has 1 heterocycles. The minimum Gasteiger partial charge on any atom is -0.371 e. The number of rotatable bonds is 3. The van der Waals surface area contributed by atoms with Crippen LogP contribution in [0.25, 0.3) is 0 Å². The van der Waals surface area contributed by atoms with E-state index in [2.05, 4.69) is 58.0 Å². The normalized spacial score (nSPS) is 17.5. The zero-order valence-corrected chi connectivity index (χ0v) is 13.3. The molecule has 4 heteroatoms. The third-order valence-electron chi connectivity index (χ3n) is 3.73. The van der Waals surface area contributed by atoms with Crippen LogP contribution in [0.4, 0.5) is 5.69 Å². The standard InChI is InChI=1S/C14H20BrClN2/c1-17(2)13-5-7-18(8-6-13)14-9-12(15)4-3-11(14)10-16/h3-4,9,13H,5-8,10H2,1-2H3. The Morgan fingerprint density at radius 3 is 2.56 bits per heavy atom. The van der Waals surface area contributed by atoms with Crippen molar-refractivity contribution in [2.24, 2.45) is 0 Å². The molecule has 1 saturated heterocycles. The topological polar surface area (TPSA) is 6.48 Å². The second-order valence-electron chi connectivity index (χ2n) is 5.09.